The fourth-order valence-corrected chi connectivity index (χ4v) is 3.93. The van der Waals surface area contributed by atoms with Crippen molar-refractivity contribution < 1.29 is 23.8 Å². The third kappa shape index (κ3) is 2.93. The van der Waals surface area contributed by atoms with Gasteiger partial charge in [-0.1, -0.05) is 12.1 Å². The molecule has 1 aromatic heterocycles. The molecule has 9 heteroatoms. The van der Waals surface area contributed by atoms with Crippen LogP contribution in [0.4, 0.5) is 5.69 Å². The van der Waals surface area contributed by atoms with E-state index < -0.39 is 17.6 Å². The first kappa shape index (κ1) is 18.0. The maximum atomic E-state index is 12.8. The number of nitrogens with one attached hydrogen (secondary N) is 1. The predicted molar refractivity (Wildman–Crippen MR) is 101 cm³/mol. The Morgan fingerprint density at radius 3 is 3.03 bits per heavy atom. The van der Waals surface area contributed by atoms with Gasteiger partial charge in [-0.05, 0) is 12.1 Å². The van der Waals surface area contributed by atoms with Crippen molar-refractivity contribution in [3.8, 4) is 5.75 Å². The number of fused-ring (bicyclic) bond motifs is 3. The number of nitrogens with zero attached hydrogens (tertiary/aromatic N) is 3. The normalized spacial score (nSPS) is 25.3. The van der Waals surface area contributed by atoms with Crippen LogP contribution >= 0.6 is 0 Å². The van der Waals surface area contributed by atoms with Gasteiger partial charge in [0.25, 0.3) is 11.8 Å². The van der Waals surface area contributed by atoms with E-state index in [0.29, 0.717) is 43.4 Å². The molecule has 4 heterocycles. The molecule has 2 atom stereocenters. The highest BCUT2D eigenvalue weighted by molar-refractivity contribution is 6.02. The summed E-state index contributed by atoms with van der Waals surface area (Å²) in [5.74, 6) is -0.213. The number of carbonyl (C=O) groups is 2. The second-order valence-corrected chi connectivity index (χ2v) is 7.36. The van der Waals surface area contributed by atoms with Crippen molar-refractivity contribution in [2.45, 2.75) is 24.7 Å². The lowest BCUT2D eigenvalue weighted by atomic mass is 9.98. The van der Waals surface area contributed by atoms with Crippen LogP contribution < -0.4 is 15.0 Å². The highest BCUT2D eigenvalue weighted by atomic mass is 16.6. The van der Waals surface area contributed by atoms with Crippen LogP contribution in [0.1, 0.15) is 28.3 Å². The van der Waals surface area contributed by atoms with E-state index in [4.69, 9.17) is 14.2 Å². The van der Waals surface area contributed by atoms with E-state index in [-0.39, 0.29) is 18.3 Å². The first-order valence-corrected chi connectivity index (χ1v) is 9.46. The maximum absolute atomic E-state index is 12.8. The topological polar surface area (TPSA) is 103 Å². The first-order valence-electron chi connectivity index (χ1n) is 9.46. The number of likely N-dealkylation sites (N-methyl/N-ethyl adjacent to an activating group) is 1. The first-order chi connectivity index (χ1) is 14.1. The van der Waals surface area contributed by atoms with E-state index in [9.17, 15) is 9.59 Å². The zero-order chi connectivity index (χ0) is 20.0. The molecule has 1 fully saturated rings. The third-order valence-electron chi connectivity index (χ3n) is 5.55. The van der Waals surface area contributed by atoms with Crippen LogP contribution in [0.2, 0.25) is 0 Å². The van der Waals surface area contributed by atoms with Gasteiger partial charge in [0.1, 0.15) is 24.0 Å². The minimum absolute atomic E-state index is 0.00209. The summed E-state index contributed by atoms with van der Waals surface area (Å²) in [5, 5.41) is 2.71. The molecule has 0 bridgehead atoms. The van der Waals surface area contributed by atoms with Gasteiger partial charge < -0.3 is 24.4 Å². The Morgan fingerprint density at radius 2 is 2.21 bits per heavy atom. The van der Waals surface area contributed by atoms with Gasteiger partial charge in [0.05, 0.1) is 24.6 Å². The summed E-state index contributed by atoms with van der Waals surface area (Å²) in [6, 6.07) is 6.39. The van der Waals surface area contributed by atoms with Crippen molar-refractivity contribution in [3.05, 3.63) is 47.5 Å². The Morgan fingerprint density at radius 1 is 1.34 bits per heavy atom. The molecule has 1 aromatic carbocycles. The summed E-state index contributed by atoms with van der Waals surface area (Å²) in [7, 11) is 1.65. The average molecular weight is 396 g/mol. The minimum atomic E-state index is -0.850. The molecule has 3 aliphatic rings. The molecule has 0 aliphatic carbocycles. The van der Waals surface area contributed by atoms with Crippen molar-refractivity contribution in [2.24, 2.45) is 0 Å². The number of anilines is 1. The van der Waals surface area contributed by atoms with E-state index in [1.54, 1.807) is 25.4 Å². The summed E-state index contributed by atoms with van der Waals surface area (Å²) in [6.07, 6.45) is 2.30. The van der Waals surface area contributed by atoms with Crippen LogP contribution in [-0.2, 0) is 26.5 Å². The Kier molecular flexibility index (Phi) is 4.21. The van der Waals surface area contributed by atoms with Gasteiger partial charge in [0.15, 0.2) is 0 Å². The van der Waals surface area contributed by atoms with Gasteiger partial charge in [-0.2, -0.15) is 0 Å². The minimum Gasteiger partial charge on any atom is -0.489 e. The van der Waals surface area contributed by atoms with Gasteiger partial charge in [-0.25, -0.2) is 9.97 Å². The number of hydrogen-bond donors (Lipinski definition) is 1. The molecule has 3 aliphatic heterocycles. The molecule has 150 valence electrons. The summed E-state index contributed by atoms with van der Waals surface area (Å²) in [6.45, 7) is 1.43. The number of ether oxygens (including phenoxy) is 3. The van der Waals surface area contributed by atoms with Gasteiger partial charge >= 0.3 is 0 Å². The summed E-state index contributed by atoms with van der Waals surface area (Å²) in [4.78, 5) is 35.8. The number of amides is 2. The van der Waals surface area contributed by atoms with Gasteiger partial charge in [-0.3, -0.25) is 9.59 Å². The van der Waals surface area contributed by atoms with E-state index in [2.05, 4.69) is 15.3 Å². The van der Waals surface area contributed by atoms with E-state index in [1.165, 1.54) is 4.90 Å². The zero-order valence-corrected chi connectivity index (χ0v) is 15.9. The molecule has 1 spiro atoms. The molecule has 29 heavy (non-hydrogen) atoms. The number of hydrogen-bond acceptors (Lipinski definition) is 7. The maximum Gasteiger partial charge on any atom is 0.289 e. The quantitative estimate of drug-likeness (QED) is 0.800. The van der Waals surface area contributed by atoms with Gasteiger partial charge in [-0.15, -0.1) is 0 Å². The SMILES string of the molecule is CN1C(=O)C(NC(=O)c2ncc3c(n2)C2(CCOC2)OC3)COc2ccccc21. The number of rotatable bonds is 2. The van der Waals surface area contributed by atoms with Crippen LogP contribution in [0.15, 0.2) is 30.5 Å². The summed E-state index contributed by atoms with van der Waals surface area (Å²) in [5.41, 5.74) is 1.61. The second-order valence-electron chi connectivity index (χ2n) is 7.36. The summed E-state index contributed by atoms with van der Waals surface area (Å²) >= 11 is 0. The van der Waals surface area contributed by atoms with Gasteiger partial charge in [0.2, 0.25) is 5.82 Å². The number of carbonyl (C=O) groups excluding carboxylic acids is 2. The van der Waals surface area contributed by atoms with Crippen molar-refractivity contribution in [1.29, 1.82) is 0 Å². The number of aromatic nitrogens is 2. The monoisotopic (exact) mass is 396 g/mol. The highest BCUT2D eigenvalue weighted by Crippen LogP contribution is 2.41. The Hall–Kier alpha value is -3.04. The molecule has 2 unspecified atom stereocenters. The fourth-order valence-electron chi connectivity index (χ4n) is 3.93. The Labute approximate surface area is 167 Å². The summed E-state index contributed by atoms with van der Waals surface area (Å²) < 4.78 is 17.1. The predicted octanol–water partition coefficient (Wildman–Crippen LogP) is 0.776. The van der Waals surface area contributed by atoms with Crippen molar-refractivity contribution in [3.63, 3.8) is 0 Å². The van der Waals surface area contributed by atoms with Crippen LogP contribution in [0, 0.1) is 0 Å². The zero-order valence-electron chi connectivity index (χ0n) is 15.9. The molecule has 1 saturated heterocycles. The van der Waals surface area contributed by atoms with Gasteiger partial charge in [0, 0.05) is 31.8 Å². The highest BCUT2D eigenvalue weighted by Gasteiger charge is 2.45. The molecule has 9 nitrogen and oxygen atoms in total. The lowest BCUT2D eigenvalue weighted by Gasteiger charge is -2.21. The molecular weight excluding hydrogens is 376 g/mol. The molecule has 2 aromatic rings. The fraction of sp³-hybridized carbons (Fsp3) is 0.400. The van der Waals surface area contributed by atoms with Crippen molar-refractivity contribution >= 4 is 17.5 Å². The molecule has 0 radical (unpaired) electrons. The van der Waals surface area contributed by atoms with E-state index in [1.807, 2.05) is 12.1 Å². The largest absolute Gasteiger partial charge is 0.489 e. The van der Waals surface area contributed by atoms with Crippen LogP contribution in [0.3, 0.4) is 0 Å². The number of benzene rings is 1. The molecule has 2 amide bonds. The van der Waals surface area contributed by atoms with Crippen LogP contribution in [0.5, 0.6) is 5.75 Å². The third-order valence-corrected chi connectivity index (χ3v) is 5.55. The molecule has 0 saturated carbocycles. The smallest absolute Gasteiger partial charge is 0.289 e. The second kappa shape index (κ2) is 6.78. The average Bonchev–Trinajstić information content (AvgIpc) is 3.35. The Balaban J connectivity index is 1.37. The Bertz CT molecular complexity index is 989. The van der Waals surface area contributed by atoms with E-state index in [0.717, 1.165) is 5.56 Å². The molecular formula is C20H20N4O5. The number of para-hydroxylation sites is 2. The van der Waals surface area contributed by atoms with Crippen LogP contribution in [0.25, 0.3) is 0 Å². The lowest BCUT2D eigenvalue weighted by Crippen LogP contribution is -2.49. The van der Waals surface area contributed by atoms with Crippen LogP contribution in [-0.4, -0.2) is 54.7 Å². The van der Waals surface area contributed by atoms with Crippen molar-refractivity contribution in [2.75, 3.05) is 31.8 Å². The van der Waals surface area contributed by atoms with E-state index >= 15 is 0 Å². The van der Waals surface area contributed by atoms with Crippen molar-refractivity contribution in [1.82, 2.24) is 15.3 Å². The molecule has 5 rings (SSSR count). The lowest BCUT2D eigenvalue weighted by molar-refractivity contribution is -0.120. The standard InChI is InChI=1S/C20H20N4O5/c1-24-14-4-2-3-5-15(14)28-10-13(19(24)26)22-18(25)17-21-8-12-9-29-20(16(12)23-17)6-7-27-11-20/h2-5,8,13H,6-7,9-11H2,1H3,(H,22,25). The molecule has 1 N–H and O–H groups in total.